The molecule has 2 saturated heterocycles. The number of benzene rings is 1. The maximum absolute atomic E-state index is 13.0. The van der Waals surface area contributed by atoms with Crippen molar-refractivity contribution in [2.24, 2.45) is 5.92 Å². The van der Waals surface area contributed by atoms with E-state index in [-0.39, 0.29) is 17.4 Å². The molecule has 3 heterocycles. The van der Waals surface area contributed by atoms with Crippen molar-refractivity contribution in [2.75, 3.05) is 19.7 Å². The number of hydrogen-bond acceptors (Lipinski definition) is 4. The lowest BCUT2D eigenvalue weighted by Gasteiger charge is -2.34. The molecule has 0 unspecified atom stereocenters. The fourth-order valence-corrected chi connectivity index (χ4v) is 4.71. The van der Waals surface area contributed by atoms with Gasteiger partial charge < -0.3 is 19.4 Å². The third kappa shape index (κ3) is 5.69. The molecule has 2 aromatic rings. The lowest BCUT2D eigenvalue weighted by atomic mass is 9.86. The van der Waals surface area contributed by atoms with Gasteiger partial charge in [-0.2, -0.15) is 0 Å². The Labute approximate surface area is 183 Å². The smallest absolute Gasteiger partial charge is 0.222 e. The minimum absolute atomic E-state index is 0.0605. The molecule has 6 heteroatoms. The van der Waals surface area contributed by atoms with Gasteiger partial charge in [-0.15, -0.1) is 0 Å². The summed E-state index contributed by atoms with van der Waals surface area (Å²) in [5, 5.41) is 3.13. The van der Waals surface area contributed by atoms with E-state index in [1.165, 1.54) is 5.56 Å². The van der Waals surface area contributed by atoms with Crippen LogP contribution in [0.25, 0.3) is 0 Å². The minimum atomic E-state index is -0.381. The van der Waals surface area contributed by atoms with E-state index in [2.05, 4.69) is 12.2 Å². The summed E-state index contributed by atoms with van der Waals surface area (Å²) >= 11 is 0. The van der Waals surface area contributed by atoms with Crippen molar-refractivity contribution in [3.63, 3.8) is 0 Å². The van der Waals surface area contributed by atoms with Gasteiger partial charge in [0.1, 0.15) is 11.5 Å². The van der Waals surface area contributed by atoms with Crippen LogP contribution >= 0.6 is 0 Å². The molecule has 2 aliphatic heterocycles. The van der Waals surface area contributed by atoms with Crippen LogP contribution in [0.5, 0.6) is 5.75 Å². The van der Waals surface area contributed by atoms with E-state index in [9.17, 15) is 9.59 Å². The van der Waals surface area contributed by atoms with Crippen LogP contribution in [0.3, 0.4) is 0 Å². The summed E-state index contributed by atoms with van der Waals surface area (Å²) in [7, 11) is 0. The van der Waals surface area contributed by atoms with Crippen LogP contribution in [0.4, 0.5) is 0 Å². The van der Waals surface area contributed by atoms with E-state index in [1.54, 1.807) is 6.26 Å². The Morgan fingerprint density at radius 1 is 1.29 bits per heavy atom. The minimum Gasteiger partial charge on any atom is -0.493 e. The van der Waals surface area contributed by atoms with Gasteiger partial charge in [-0.25, -0.2) is 0 Å². The van der Waals surface area contributed by atoms with Gasteiger partial charge >= 0.3 is 0 Å². The predicted molar refractivity (Wildman–Crippen MR) is 118 cm³/mol. The van der Waals surface area contributed by atoms with Gasteiger partial charge in [-0.1, -0.05) is 17.7 Å². The van der Waals surface area contributed by atoms with E-state index in [0.717, 1.165) is 43.9 Å². The number of rotatable bonds is 8. The van der Waals surface area contributed by atoms with E-state index in [0.29, 0.717) is 38.2 Å². The van der Waals surface area contributed by atoms with Crippen molar-refractivity contribution in [1.29, 1.82) is 0 Å². The fourth-order valence-electron chi connectivity index (χ4n) is 4.71. The number of carbonyl (C=O) groups excluding carboxylic acids is 2. The summed E-state index contributed by atoms with van der Waals surface area (Å²) in [6, 6.07) is 11.9. The molecule has 1 aromatic heterocycles. The zero-order chi connectivity index (χ0) is 21.7. The zero-order valence-corrected chi connectivity index (χ0v) is 18.3. The SMILES string of the molecule is Cc1ccc(OC[C@H]2CCCN(C(=O)CC[C@@]3(Cc4ccco4)CCC(=O)N3)C2)cc1. The second-order valence-electron chi connectivity index (χ2n) is 9.06. The highest BCUT2D eigenvalue weighted by Gasteiger charge is 2.39. The summed E-state index contributed by atoms with van der Waals surface area (Å²) in [5.41, 5.74) is 0.832. The van der Waals surface area contributed by atoms with E-state index in [1.807, 2.05) is 41.3 Å². The Kier molecular flexibility index (Phi) is 6.64. The van der Waals surface area contributed by atoms with Gasteiger partial charge in [0.05, 0.1) is 12.9 Å². The normalized spacial score (nSPS) is 23.6. The predicted octanol–water partition coefficient (Wildman–Crippen LogP) is 3.88. The van der Waals surface area contributed by atoms with Gasteiger partial charge in [-0.05, 0) is 56.9 Å². The summed E-state index contributed by atoms with van der Waals surface area (Å²) in [6.45, 7) is 4.23. The average Bonchev–Trinajstić information content (AvgIpc) is 3.42. The number of nitrogens with one attached hydrogen (secondary N) is 1. The molecule has 0 radical (unpaired) electrons. The number of carbonyl (C=O) groups is 2. The topological polar surface area (TPSA) is 71.8 Å². The van der Waals surface area contributed by atoms with Gasteiger partial charge in [0, 0.05) is 43.8 Å². The van der Waals surface area contributed by atoms with Crippen LogP contribution in [0.15, 0.2) is 47.1 Å². The molecule has 2 fully saturated rings. The number of piperidine rings is 1. The fraction of sp³-hybridized carbons (Fsp3) is 0.520. The van der Waals surface area contributed by atoms with Crippen LogP contribution in [-0.4, -0.2) is 41.9 Å². The zero-order valence-electron chi connectivity index (χ0n) is 18.3. The molecule has 0 saturated carbocycles. The van der Waals surface area contributed by atoms with Crippen molar-refractivity contribution >= 4 is 11.8 Å². The molecule has 0 spiro atoms. The van der Waals surface area contributed by atoms with Crippen molar-refractivity contribution in [2.45, 2.75) is 57.4 Å². The summed E-state index contributed by atoms with van der Waals surface area (Å²) < 4.78 is 11.5. The van der Waals surface area contributed by atoms with Gasteiger partial charge in [-0.3, -0.25) is 9.59 Å². The van der Waals surface area contributed by atoms with E-state index >= 15 is 0 Å². The Bertz CT molecular complexity index is 877. The molecule has 2 amide bonds. The molecule has 6 nitrogen and oxygen atoms in total. The van der Waals surface area contributed by atoms with Crippen LogP contribution in [-0.2, 0) is 16.0 Å². The van der Waals surface area contributed by atoms with Gasteiger partial charge in [0.25, 0.3) is 0 Å². The third-order valence-electron chi connectivity index (χ3n) is 6.52. The highest BCUT2D eigenvalue weighted by molar-refractivity contribution is 5.80. The first-order chi connectivity index (χ1) is 15.0. The maximum Gasteiger partial charge on any atom is 0.222 e. The number of amides is 2. The molecule has 2 aliphatic rings. The number of ether oxygens (including phenoxy) is 1. The molecule has 1 aromatic carbocycles. The molecular weight excluding hydrogens is 392 g/mol. The number of furan rings is 1. The first-order valence-electron chi connectivity index (χ1n) is 11.3. The molecule has 0 aliphatic carbocycles. The van der Waals surface area contributed by atoms with Crippen molar-refractivity contribution in [1.82, 2.24) is 10.2 Å². The summed E-state index contributed by atoms with van der Waals surface area (Å²) in [6.07, 6.45) is 6.69. The Morgan fingerprint density at radius 3 is 2.84 bits per heavy atom. The van der Waals surface area contributed by atoms with Crippen LogP contribution in [0.1, 0.15) is 49.8 Å². The average molecular weight is 425 g/mol. The first-order valence-corrected chi connectivity index (χ1v) is 11.3. The number of nitrogens with zero attached hydrogens (tertiary/aromatic N) is 1. The van der Waals surface area contributed by atoms with Crippen molar-refractivity contribution in [3.05, 3.63) is 54.0 Å². The quantitative estimate of drug-likeness (QED) is 0.698. The molecule has 4 rings (SSSR count). The Hall–Kier alpha value is -2.76. The second-order valence-corrected chi connectivity index (χ2v) is 9.06. The monoisotopic (exact) mass is 424 g/mol. The van der Waals surface area contributed by atoms with Gasteiger partial charge in [0.15, 0.2) is 0 Å². The van der Waals surface area contributed by atoms with Crippen LogP contribution < -0.4 is 10.1 Å². The molecule has 1 N–H and O–H groups in total. The molecule has 166 valence electrons. The second kappa shape index (κ2) is 9.58. The van der Waals surface area contributed by atoms with E-state index < -0.39 is 0 Å². The van der Waals surface area contributed by atoms with Crippen molar-refractivity contribution in [3.8, 4) is 5.75 Å². The maximum atomic E-state index is 13.0. The molecule has 31 heavy (non-hydrogen) atoms. The van der Waals surface area contributed by atoms with Crippen molar-refractivity contribution < 1.29 is 18.7 Å². The Morgan fingerprint density at radius 2 is 2.13 bits per heavy atom. The number of likely N-dealkylation sites (tertiary alicyclic amines) is 1. The number of hydrogen-bond donors (Lipinski definition) is 1. The summed E-state index contributed by atoms with van der Waals surface area (Å²) in [5.74, 6) is 2.30. The van der Waals surface area contributed by atoms with Crippen LogP contribution in [0, 0.1) is 12.8 Å². The Balaban J connectivity index is 1.29. The first kappa shape index (κ1) is 21.5. The number of aryl methyl sites for hydroxylation is 1. The van der Waals surface area contributed by atoms with E-state index in [4.69, 9.17) is 9.15 Å². The third-order valence-corrected chi connectivity index (χ3v) is 6.52. The van der Waals surface area contributed by atoms with Crippen LogP contribution in [0.2, 0.25) is 0 Å². The summed E-state index contributed by atoms with van der Waals surface area (Å²) in [4.78, 5) is 26.9. The molecular formula is C25H32N2O4. The highest BCUT2D eigenvalue weighted by Crippen LogP contribution is 2.30. The molecule has 2 atom stereocenters. The standard InChI is InChI=1S/C25H32N2O4/c1-19-6-8-21(9-7-19)31-18-20-4-2-14-27(17-20)24(29)11-13-25(12-10-23(28)26-25)16-22-5-3-15-30-22/h3,5-9,15,20H,2,4,10-14,16-18H2,1H3,(H,26,28)/t20-,25+/m0/s1. The molecule has 0 bridgehead atoms. The highest BCUT2D eigenvalue weighted by atomic mass is 16.5. The van der Waals surface area contributed by atoms with Gasteiger partial charge in [0.2, 0.25) is 11.8 Å². The lowest BCUT2D eigenvalue weighted by molar-refractivity contribution is -0.134. The largest absolute Gasteiger partial charge is 0.493 e. The lowest BCUT2D eigenvalue weighted by Crippen LogP contribution is -2.46.